The first-order valence-electron chi connectivity index (χ1n) is 8.10. The number of nitrogens with zero attached hydrogens (tertiary/aromatic N) is 5. The van der Waals surface area contributed by atoms with Gasteiger partial charge in [0.05, 0.1) is 18.8 Å². The van der Waals surface area contributed by atoms with Crippen LogP contribution in [-0.4, -0.2) is 65.1 Å². The van der Waals surface area contributed by atoms with Crippen LogP contribution < -0.4 is 20.1 Å². The van der Waals surface area contributed by atoms with Crippen molar-refractivity contribution in [3.05, 3.63) is 12.4 Å². The molecule has 1 atom stereocenters. The molecule has 27 heavy (non-hydrogen) atoms. The van der Waals surface area contributed by atoms with E-state index in [0.29, 0.717) is 37.7 Å². The zero-order valence-corrected chi connectivity index (χ0v) is 13.9. The molecule has 0 saturated carbocycles. The lowest BCUT2D eigenvalue weighted by Crippen LogP contribution is -2.43. The van der Waals surface area contributed by atoms with Crippen LogP contribution in [-0.2, 0) is 4.74 Å². The monoisotopic (exact) mass is 384 g/mol. The van der Waals surface area contributed by atoms with Gasteiger partial charge in [0.2, 0.25) is 17.8 Å². The van der Waals surface area contributed by atoms with Crippen LogP contribution >= 0.6 is 0 Å². The molecule has 1 fully saturated rings. The van der Waals surface area contributed by atoms with E-state index in [2.05, 4.69) is 19.9 Å². The number of halogens is 3. The van der Waals surface area contributed by atoms with Crippen molar-refractivity contribution < 1.29 is 27.4 Å². The van der Waals surface area contributed by atoms with Crippen LogP contribution in [0.4, 0.5) is 24.9 Å². The van der Waals surface area contributed by atoms with E-state index in [9.17, 15) is 13.2 Å². The van der Waals surface area contributed by atoms with Crippen LogP contribution in [0.15, 0.2) is 12.4 Å². The van der Waals surface area contributed by atoms with Gasteiger partial charge in [-0.1, -0.05) is 0 Å². The normalized spacial score (nSPS) is 19.8. The number of nitrogens with two attached hydrogens (primary N) is 1. The Kier molecular flexibility index (Phi) is 4.34. The topological polar surface area (TPSA) is 109 Å². The number of alkyl halides is 3. The highest BCUT2D eigenvalue weighted by atomic mass is 19.4. The lowest BCUT2D eigenvalue weighted by Gasteiger charge is -2.33. The van der Waals surface area contributed by atoms with E-state index in [1.807, 2.05) is 4.90 Å². The molecule has 0 radical (unpaired) electrons. The van der Waals surface area contributed by atoms with Gasteiger partial charge >= 0.3 is 6.18 Å². The Bertz CT molecular complexity index is 827. The number of ether oxygens (including phenoxy) is 3. The molecule has 9 nitrogen and oxygen atoms in total. The molecular weight excluding hydrogens is 369 g/mol. The van der Waals surface area contributed by atoms with Crippen molar-refractivity contribution in [2.45, 2.75) is 12.3 Å². The number of rotatable bonds is 2. The van der Waals surface area contributed by atoms with Crippen LogP contribution in [0.25, 0.3) is 11.4 Å². The molecular formula is C15H15F3N6O3. The zero-order valence-electron chi connectivity index (χ0n) is 13.9. The lowest BCUT2D eigenvalue weighted by molar-refractivity contribution is -0.208. The van der Waals surface area contributed by atoms with Crippen LogP contribution in [0, 0.1) is 0 Å². The quantitative estimate of drug-likeness (QED) is 0.813. The lowest BCUT2D eigenvalue weighted by atomic mass is 10.2. The maximum atomic E-state index is 13.0. The van der Waals surface area contributed by atoms with E-state index < -0.39 is 18.9 Å². The number of anilines is 2. The Morgan fingerprint density at radius 1 is 1.11 bits per heavy atom. The van der Waals surface area contributed by atoms with Gasteiger partial charge in [0.25, 0.3) is 5.88 Å². The highest BCUT2D eigenvalue weighted by molar-refractivity contribution is 5.65. The van der Waals surface area contributed by atoms with Crippen molar-refractivity contribution in [2.24, 2.45) is 0 Å². The molecule has 0 aliphatic carbocycles. The van der Waals surface area contributed by atoms with E-state index in [4.69, 9.17) is 19.9 Å². The van der Waals surface area contributed by atoms with Gasteiger partial charge in [0, 0.05) is 25.5 Å². The van der Waals surface area contributed by atoms with Gasteiger partial charge in [-0.05, 0) is 0 Å². The van der Waals surface area contributed by atoms with Crippen molar-refractivity contribution in [3.63, 3.8) is 0 Å². The molecule has 1 unspecified atom stereocenters. The molecule has 1 saturated heterocycles. The first-order chi connectivity index (χ1) is 12.9. The molecule has 0 aromatic carbocycles. The number of fused-ring (bicyclic) bond motifs is 1. The van der Waals surface area contributed by atoms with E-state index in [1.54, 1.807) is 0 Å². The number of morpholine rings is 1. The number of nitrogen functional groups attached to an aromatic ring is 1. The van der Waals surface area contributed by atoms with Gasteiger partial charge in [-0.25, -0.2) is 15.0 Å². The number of hydrogen-bond donors (Lipinski definition) is 1. The van der Waals surface area contributed by atoms with E-state index in [0.717, 1.165) is 0 Å². The van der Waals surface area contributed by atoms with Gasteiger partial charge in [-0.3, -0.25) is 0 Å². The van der Waals surface area contributed by atoms with Crippen molar-refractivity contribution >= 4 is 11.8 Å². The Morgan fingerprint density at radius 2 is 1.81 bits per heavy atom. The maximum Gasteiger partial charge on any atom is 0.428 e. The molecule has 12 heteroatoms. The third-order valence-electron chi connectivity index (χ3n) is 4.06. The Hall–Kier alpha value is -2.89. The van der Waals surface area contributed by atoms with E-state index in [1.165, 1.54) is 12.4 Å². The first kappa shape index (κ1) is 17.5. The Labute approximate surface area is 151 Å². The number of hydrogen-bond acceptors (Lipinski definition) is 9. The summed E-state index contributed by atoms with van der Waals surface area (Å²) in [5, 5.41) is 0. The summed E-state index contributed by atoms with van der Waals surface area (Å²) in [7, 11) is 0. The van der Waals surface area contributed by atoms with Crippen molar-refractivity contribution in [1.82, 2.24) is 19.9 Å². The molecule has 2 aromatic rings. The molecule has 4 heterocycles. The molecule has 2 aliphatic heterocycles. The summed E-state index contributed by atoms with van der Waals surface area (Å²) in [4.78, 5) is 18.1. The predicted molar refractivity (Wildman–Crippen MR) is 86.5 cm³/mol. The molecule has 2 N–H and O–H groups in total. The molecule has 0 spiro atoms. The summed E-state index contributed by atoms with van der Waals surface area (Å²) in [6.07, 6.45) is -3.91. The standard InChI is InChI=1S/C15H15F3N6O3/c16-15(17,18)9-7-26-10-12(24-1-3-25-4-2-24)22-11(23-13(10)27-9)8-5-20-14(19)21-6-8/h5-6,9H,1-4,7H2,(H2,19,20,21). The predicted octanol–water partition coefficient (Wildman–Crippen LogP) is 1.05. The second-order valence-corrected chi connectivity index (χ2v) is 5.89. The van der Waals surface area contributed by atoms with Gasteiger partial charge < -0.3 is 24.8 Å². The van der Waals surface area contributed by atoms with E-state index >= 15 is 0 Å². The third kappa shape index (κ3) is 3.52. The average molecular weight is 384 g/mol. The third-order valence-corrected chi connectivity index (χ3v) is 4.06. The van der Waals surface area contributed by atoms with Crippen LogP contribution in [0.3, 0.4) is 0 Å². The number of aromatic nitrogens is 4. The van der Waals surface area contributed by atoms with Gasteiger partial charge in [0.15, 0.2) is 11.6 Å². The summed E-state index contributed by atoms with van der Waals surface area (Å²) >= 11 is 0. The average Bonchev–Trinajstić information content (AvgIpc) is 2.67. The van der Waals surface area contributed by atoms with E-state index in [-0.39, 0.29) is 23.4 Å². The van der Waals surface area contributed by atoms with Crippen molar-refractivity contribution in [3.8, 4) is 23.0 Å². The van der Waals surface area contributed by atoms with Crippen LogP contribution in [0.5, 0.6) is 11.6 Å². The first-order valence-corrected chi connectivity index (χ1v) is 8.10. The molecule has 0 bridgehead atoms. The van der Waals surface area contributed by atoms with Crippen LogP contribution in [0.2, 0.25) is 0 Å². The summed E-state index contributed by atoms with van der Waals surface area (Å²) in [5.74, 6) is 0.323. The summed E-state index contributed by atoms with van der Waals surface area (Å²) in [5.41, 5.74) is 5.86. The molecule has 0 amide bonds. The fraction of sp³-hybridized carbons (Fsp3) is 0.467. The summed E-state index contributed by atoms with van der Waals surface area (Å²) in [6.45, 7) is 1.28. The summed E-state index contributed by atoms with van der Waals surface area (Å²) < 4.78 is 54.9. The molecule has 2 aliphatic rings. The molecule has 2 aromatic heterocycles. The van der Waals surface area contributed by atoms with Gasteiger partial charge in [0.1, 0.15) is 6.61 Å². The largest absolute Gasteiger partial charge is 0.481 e. The summed E-state index contributed by atoms with van der Waals surface area (Å²) in [6, 6.07) is 0. The highest BCUT2D eigenvalue weighted by Gasteiger charge is 2.46. The van der Waals surface area contributed by atoms with Crippen molar-refractivity contribution in [1.29, 1.82) is 0 Å². The highest BCUT2D eigenvalue weighted by Crippen LogP contribution is 2.42. The Morgan fingerprint density at radius 3 is 2.48 bits per heavy atom. The maximum absolute atomic E-state index is 13.0. The fourth-order valence-corrected chi connectivity index (χ4v) is 2.69. The minimum atomic E-state index is -4.58. The Balaban J connectivity index is 1.78. The fourth-order valence-electron chi connectivity index (χ4n) is 2.69. The second-order valence-electron chi connectivity index (χ2n) is 5.89. The van der Waals surface area contributed by atoms with Crippen molar-refractivity contribution in [2.75, 3.05) is 43.5 Å². The van der Waals surface area contributed by atoms with Gasteiger partial charge in [-0.15, -0.1) is 0 Å². The van der Waals surface area contributed by atoms with Gasteiger partial charge in [-0.2, -0.15) is 18.2 Å². The molecule has 144 valence electrons. The molecule has 4 rings (SSSR count). The second kappa shape index (κ2) is 6.68. The minimum absolute atomic E-state index is 0.0573. The SMILES string of the molecule is Nc1ncc(-c2nc3c(c(N4CCOCC4)n2)OCC(C(F)(F)F)O3)cn1. The van der Waals surface area contributed by atoms with Crippen LogP contribution in [0.1, 0.15) is 0 Å². The minimum Gasteiger partial charge on any atom is -0.481 e. The zero-order chi connectivity index (χ0) is 19.0. The smallest absolute Gasteiger partial charge is 0.428 e.